The van der Waals surface area contributed by atoms with Crippen molar-refractivity contribution in [2.45, 2.75) is 0 Å². The minimum atomic E-state index is 0.738. The maximum Gasteiger partial charge on any atom is 0.227 e. The highest BCUT2D eigenvalue weighted by molar-refractivity contribution is 7.17. The third kappa shape index (κ3) is 3.28. The lowest BCUT2D eigenvalue weighted by Gasteiger charge is -2.36. The lowest BCUT2D eigenvalue weighted by atomic mass is 10.3. The lowest BCUT2D eigenvalue weighted by Crippen LogP contribution is -2.47. The maximum absolute atomic E-state index is 5.42. The first-order valence-electron chi connectivity index (χ1n) is 9.22. The Morgan fingerprint density at radius 3 is 2.52 bits per heavy atom. The third-order valence-electron chi connectivity index (χ3n) is 5.05. The van der Waals surface area contributed by atoms with Crippen LogP contribution in [0.15, 0.2) is 30.0 Å². The molecule has 5 rings (SSSR count). The molecule has 2 aliphatic rings. The number of morpholine rings is 1. The predicted molar refractivity (Wildman–Crippen MR) is 107 cm³/mol. The van der Waals surface area contributed by atoms with Crippen molar-refractivity contribution in [3.8, 4) is 0 Å². The first-order valence-corrected chi connectivity index (χ1v) is 10.1. The highest BCUT2D eigenvalue weighted by Crippen LogP contribution is 2.29. The summed E-state index contributed by atoms with van der Waals surface area (Å²) in [6, 6.07) is 4.05. The molecular formula is C18H21N7OS. The fourth-order valence-corrected chi connectivity index (χ4v) is 4.44. The summed E-state index contributed by atoms with van der Waals surface area (Å²) in [7, 11) is 0. The van der Waals surface area contributed by atoms with E-state index in [4.69, 9.17) is 9.72 Å². The van der Waals surface area contributed by atoms with E-state index in [1.165, 1.54) is 4.70 Å². The van der Waals surface area contributed by atoms with E-state index in [0.717, 1.165) is 75.6 Å². The smallest absolute Gasteiger partial charge is 0.227 e. The number of nitrogens with zero attached hydrogens (tertiary/aromatic N) is 7. The van der Waals surface area contributed by atoms with Gasteiger partial charge >= 0.3 is 0 Å². The van der Waals surface area contributed by atoms with Crippen molar-refractivity contribution >= 4 is 39.1 Å². The van der Waals surface area contributed by atoms with Gasteiger partial charge in [-0.15, -0.1) is 11.3 Å². The summed E-state index contributed by atoms with van der Waals surface area (Å²) in [5.41, 5.74) is 1.03. The van der Waals surface area contributed by atoms with Crippen LogP contribution in [0.5, 0.6) is 0 Å². The highest BCUT2D eigenvalue weighted by Gasteiger charge is 2.22. The number of fused-ring (bicyclic) bond motifs is 1. The van der Waals surface area contributed by atoms with E-state index < -0.39 is 0 Å². The molecule has 0 amide bonds. The SMILES string of the molecule is c1cc(N2CCN(c3ncnc4ccsc34)CC2)nc(N2CCOCC2)n1. The molecule has 0 spiro atoms. The molecule has 0 bridgehead atoms. The second-order valence-corrected chi connectivity index (χ2v) is 7.54. The van der Waals surface area contributed by atoms with Gasteiger partial charge in [-0.2, -0.15) is 4.98 Å². The molecular weight excluding hydrogens is 362 g/mol. The number of anilines is 3. The summed E-state index contributed by atoms with van der Waals surface area (Å²) >= 11 is 1.71. The van der Waals surface area contributed by atoms with Crippen molar-refractivity contribution < 1.29 is 4.74 Å². The molecule has 0 atom stereocenters. The van der Waals surface area contributed by atoms with Crippen molar-refractivity contribution in [1.82, 2.24) is 19.9 Å². The summed E-state index contributed by atoms with van der Waals surface area (Å²) in [5, 5.41) is 2.08. The average molecular weight is 383 g/mol. The van der Waals surface area contributed by atoms with Crippen LogP contribution >= 0.6 is 11.3 Å². The van der Waals surface area contributed by atoms with Crippen molar-refractivity contribution in [3.05, 3.63) is 30.0 Å². The Morgan fingerprint density at radius 1 is 0.852 bits per heavy atom. The summed E-state index contributed by atoms with van der Waals surface area (Å²) in [5.74, 6) is 2.84. The molecule has 0 saturated carbocycles. The molecule has 2 fully saturated rings. The van der Waals surface area contributed by atoms with Crippen LogP contribution in [0.1, 0.15) is 0 Å². The molecule has 3 aromatic heterocycles. The van der Waals surface area contributed by atoms with Crippen LogP contribution in [-0.4, -0.2) is 72.4 Å². The predicted octanol–water partition coefficient (Wildman–Crippen LogP) is 1.64. The molecule has 3 aromatic rings. The zero-order valence-corrected chi connectivity index (χ0v) is 15.8. The van der Waals surface area contributed by atoms with Gasteiger partial charge in [0.2, 0.25) is 5.95 Å². The van der Waals surface area contributed by atoms with E-state index in [1.54, 1.807) is 17.7 Å². The topological polar surface area (TPSA) is 70.5 Å². The van der Waals surface area contributed by atoms with Gasteiger partial charge < -0.3 is 19.4 Å². The normalized spacial score (nSPS) is 18.3. The highest BCUT2D eigenvalue weighted by atomic mass is 32.1. The minimum Gasteiger partial charge on any atom is -0.378 e. The maximum atomic E-state index is 5.42. The lowest BCUT2D eigenvalue weighted by molar-refractivity contribution is 0.122. The molecule has 2 saturated heterocycles. The van der Waals surface area contributed by atoms with Gasteiger partial charge in [-0.05, 0) is 17.5 Å². The Balaban J connectivity index is 1.30. The van der Waals surface area contributed by atoms with Crippen LogP contribution in [0.25, 0.3) is 10.2 Å². The Morgan fingerprint density at radius 2 is 1.67 bits per heavy atom. The molecule has 140 valence electrons. The summed E-state index contributed by atoms with van der Waals surface area (Å²) in [4.78, 5) is 25.0. The number of ether oxygens (including phenoxy) is 1. The Kier molecular flexibility index (Phi) is 4.46. The fraction of sp³-hybridized carbons (Fsp3) is 0.444. The first kappa shape index (κ1) is 16.6. The summed E-state index contributed by atoms with van der Waals surface area (Å²) < 4.78 is 6.59. The zero-order chi connectivity index (χ0) is 18.1. The number of piperazine rings is 1. The van der Waals surface area contributed by atoms with E-state index in [9.17, 15) is 0 Å². The van der Waals surface area contributed by atoms with Crippen LogP contribution in [-0.2, 0) is 4.74 Å². The number of rotatable bonds is 3. The van der Waals surface area contributed by atoms with Gasteiger partial charge in [0.05, 0.1) is 23.4 Å². The van der Waals surface area contributed by atoms with Gasteiger partial charge in [0.15, 0.2) is 0 Å². The van der Waals surface area contributed by atoms with Crippen molar-refractivity contribution in [1.29, 1.82) is 0 Å². The summed E-state index contributed by atoms with van der Waals surface area (Å²) in [6.07, 6.45) is 3.52. The molecule has 0 aromatic carbocycles. The molecule has 5 heterocycles. The molecule has 8 nitrogen and oxygen atoms in total. The Hall–Kier alpha value is -2.52. The van der Waals surface area contributed by atoms with Crippen molar-refractivity contribution in [2.75, 3.05) is 67.2 Å². The van der Waals surface area contributed by atoms with Crippen LogP contribution in [0.3, 0.4) is 0 Å². The van der Waals surface area contributed by atoms with E-state index in [1.807, 2.05) is 12.3 Å². The van der Waals surface area contributed by atoms with E-state index in [2.05, 4.69) is 41.1 Å². The summed E-state index contributed by atoms with van der Waals surface area (Å²) in [6.45, 7) is 6.84. The zero-order valence-electron chi connectivity index (χ0n) is 15.0. The van der Waals surface area contributed by atoms with E-state index in [0.29, 0.717) is 0 Å². The van der Waals surface area contributed by atoms with Gasteiger partial charge in [-0.3, -0.25) is 0 Å². The average Bonchev–Trinajstić information content (AvgIpc) is 3.24. The quantitative estimate of drug-likeness (QED) is 0.676. The van der Waals surface area contributed by atoms with Gasteiger partial charge in [0, 0.05) is 45.5 Å². The Labute approximate surface area is 161 Å². The van der Waals surface area contributed by atoms with Gasteiger partial charge in [-0.25, -0.2) is 15.0 Å². The third-order valence-corrected chi connectivity index (χ3v) is 5.95. The molecule has 0 N–H and O–H groups in total. The van der Waals surface area contributed by atoms with E-state index in [-0.39, 0.29) is 0 Å². The molecule has 2 aliphatic heterocycles. The number of hydrogen-bond acceptors (Lipinski definition) is 9. The molecule has 0 unspecified atom stereocenters. The van der Waals surface area contributed by atoms with Crippen LogP contribution < -0.4 is 14.7 Å². The standard InChI is InChI=1S/C18H21N7OS/c1-3-19-18(25-8-10-26-11-9-25)22-15(1)23-4-6-24(7-5-23)17-16-14(2-12-27-16)20-13-21-17/h1-3,12-13H,4-11H2. The number of thiophene rings is 1. The molecule has 0 aliphatic carbocycles. The monoisotopic (exact) mass is 383 g/mol. The number of aromatic nitrogens is 4. The fourth-order valence-electron chi connectivity index (χ4n) is 3.58. The molecule has 9 heteroatoms. The number of hydrogen-bond donors (Lipinski definition) is 0. The van der Waals surface area contributed by atoms with Gasteiger partial charge in [0.1, 0.15) is 18.0 Å². The van der Waals surface area contributed by atoms with Crippen LogP contribution in [0, 0.1) is 0 Å². The van der Waals surface area contributed by atoms with Gasteiger partial charge in [0.25, 0.3) is 0 Å². The second kappa shape index (κ2) is 7.24. The largest absolute Gasteiger partial charge is 0.378 e. The van der Waals surface area contributed by atoms with Crippen LogP contribution in [0.4, 0.5) is 17.6 Å². The minimum absolute atomic E-state index is 0.738. The first-order chi connectivity index (χ1) is 13.4. The van der Waals surface area contributed by atoms with E-state index >= 15 is 0 Å². The van der Waals surface area contributed by atoms with Crippen molar-refractivity contribution in [2.24, 2.45) is 0 Å². The van der Waals surface area contributed by atoms with Crippen molar-refractivity contribution in [3.63, 3.8) is 0 Å². The Bertz CT molecular complexity index is 919. The second-order valence-electron chi connectivity index (χ2n) is 6.62. The molecule has 0 radical (unpaired) electrons. The van der Waals surface area contributed by atoms with Gasteiger partial charge in [-0.1, -0.05) is 0 Å². The van der Waals surface area contributed by atoms with Crippen LogP contribution in [0.2, 0.25) is 0 Å². The molecule has 27 heavy (non-hydrogen) atoms.